The van der Waals surface area contributed by atoms with Crippen LogP contribution in [0.5, 0.6) is 11.5 Å². The number of carbonyl (C=O) groups excluding carboxylic acids is 2. The molecule has 1 aliphatic heterocycles. The molecule has 1 aliphatic carbocycles. The van der Waals surface area contributed by atoms with Crippen LogP contribution in [0.1, 0.15) is 55.3 Å². The van der Waals surface area contributed by atoms with Gasteiger partial charge in [0.15, 0.2) is 0 Å². The van der Waals surface area contributed by atoms with Crippen molar-refractivity contribution in [3.05, 3.63) is 23.8 Å². The van der Waals surface area contributed by atoms with Crippen molar-refractivity contribution in [2.24, 2.45) is 5.92 Å². The standard InChI is InChI=1S/C20H28N2O4/c23-17-12-16(13-18(24)14-17)20(26)22-10-8-21(9-11-22)19(25)7-6-15-4-2-1-3-5-15/h12-15,23-24H,1-11H2. The normalized spacial score (nSPS) is 18.8. The number of hydrogen-bond donors (Lipinski definition) is 2. The second-order valence-electron chi connectivity index (χ2n) is 7.45. The van der Waals surface area contributed by atoms with E-state index >= 15 is 0 Å². The van der Waals surface area contributed by atoms with Gasteiger partial charge in [0.25, 0.3) is 5.91 Å². The summed E-state index contributed by atoms with van der Waals surface area (Å²) in [4.78, 5) is 28.5. The average Bonchev–Trinajstić information content (AvgIpc) is 2.65. The van der Waals surface area contributed by atoms with E-state index in [1.807, 2.05) is 4.90 Å². The van der Waals surface area contributed by atoms with E-state index in [1.54, 1.807) is 4.90 Å². The topological polar surface area (TPSA) is 81.1 Å². The third kappa shape index (κ3) is 4.68. The lowest BCUT2D eigenvalue weighted by Crippen LogP contribution is -2.50. The summed E-state index contributed by atoms with van der Waals surface area (Å²) in [6, 6.07) is 3.90. The molecule has 142 valence electrons. The Morgan fingerprint density at radius 2 is 1.46 bits per heavy atom. The van der Waals surface area contributed by atoms with Crippen LogP contribution in [-0.2, 0) is 4.79 Å². The Hall–Kier alpha value is -2.24. The molecule has 1 heterocycles. The first-order valence-electron chi connectivity index (χ1n) is 9.63. The first kappa shape index (κ1) is 18.5. The largest absolute Gasteiger partial charge is 0.508 e. The van der Waals surface area contributed by atoms with Crippen molar-refractivity contribution in [3.63, 3.8) is 0 Å². The van der Waals surface area contributed by atoms with E-state index in [4.69, 9.17) is 0 Å². The molecule has 6 nitrogen and oxygen atoms in total. The Labute approximate surface area is 154 Å². The minimum absolute atomic E-state index is 0.134. The number of phenols is 2. The molecule has 0 spiro atoms. The van der Waals surface area contributed by atoms with Gasteiger partial charge in [-0.3, -0.25) is 9.59 Å². The molecule has 2 fully saturated rings. The fraction of sp³-hybridized carbons (Fsp3) is 0.600. The molecule has 1 aromatic carbocycles. The van der Waals surface area contributed by atoms with Gasteiger partial charge >= 0.3 is 0 Å². The Morgan fingerprint density at radius 3 is 2.08 bits per heavy atom. The van der Waals surface area contributed by atoms with Gasteiger partial charge in [-0.1, -0.05) is 32.1 Å². The van der Waals surface area contributed by atoms with Crippen LogP contribution in [-0.4, -0.2) is 58.0 Å². The predicted molar refractivity (Wildman–Crippen MR) is 98.1 cm³/mol. The number of piperazine rings is 1. The second kappa shape index (κ2) is 8.43. The molecule has 0 unspecified atom stereocenters. The highest BCUT2D eigenvalue weighted by Crippen LogP contribution is 2.27. The zero-order valence-electron chi connectivity index (χ0n) is 15.2. The quantitative estimate of drug-likeness (QED) is 0.865. The Kier molecular flexibility index (Phi) is 6.01. The summed E-state index contributed by atoms with van der Waals surface area (Å²) in [5, 5.41) is 19.1. The molecule has 0 aromatic heterocycles. The molecular formula is C20H28N2O4. The number of aromatic hydroxyl groups is 2. The molecule has 3 rings (SSSR count). The Bertz CT molecular complexity index is 627. The third-order valence-corrected chi connectivity index (χ3v) is 5.56. The van der Waals surface area contributed by atoms with E-state index in [0.29, 0.717) is 38.5 Å². The summed E-state index contributed by atoms with van der Waals surface area (Å²) in [6.45, 7) is 2.04. The lowest BCUT2D eigenvalue weighted by Gasteiger charge is -2.35. The third-order valence-electron chi connectivity index (χ3n) is 5.56. The molecule has 0 bridgehead atoms. The van der Waals surface area contributed by atoms with Gasteiger partial charge in [0.2, 0.25) is 5.91 Å². The molecule has 1 aromatic rings. The van der Waals surface area contributed by atoms with Crippen molar-refractivity contribution in [1.82, 2.24) is 9.80 Å². The maximum atomic E-state index is 12.5. The monoisotopic (exact) mass is 360 g/mol. The lowest BCUT2D eigenvalue weighted by molar-refractivity contribution is -0.133. The highest BCUT2D eigenvalue weighted by Gasteiger charge is 2.26. The fourth-order valence-electron chi connectivity index (χ4n) is 4.02. The summed E-state index contributed by atoms with van der Waals surface area (Å²) in [7, 11) is 0. The van der Waals surface area contributed by atoms with Crippen molar-refractivity contribution in [2.75, 3.05) is 26.2 Å². The molecule has 1 saturated heterocycles. The summed E-state index contributed by atoms with van der Waals surface area (Å²) in [5.74, 6) is 0.395. The SMILES string of the molecule is O=C(CCC1CCCCC1)N1CCN(C(=O)c2cc(O)cc(O)c2)CC1. The van der Waals surface area contributed by atoms with E-state index in [-0.39, 0.29) is 28.9 Å². The number of hydrogen-bond acceptors (Lipinski definition) is 4. The first-order valence-corrected chi connectivity index (χ1v) is 9.63. The van der Waals surface area contributed by atoms with E-state index in [2.05, 4.69) is 0 Å². The van der Waals surface area contributed by atoms with Crippen LogP contribution in [0.3, 0.4) is 0 Å². The van der Waals surface area contributed by atoms with E-state index in [1.165, 1.54) is 50.3 Å². The number of rotatable bonds is 4. The second-order valence-corrected chi connectivity index (χ2v) is 7.45. The van der Waals surface area contributed by atoms with E-state index in [9.17, 15) is 19.8 Å². The molecule has 0 radical (unpaired) electrons. The van der Waals surface area contributed by atoms with Crippen molar-refractivity contribution in [2.45, 2.75) is 44.9 Å². The maximum Gasteiger partial charge on any atom is 0.254 e. The molecule has 6 heteroatoms. The van der Waals surface area contributed by atoms with Gasteiger partial charge in [0.05, 0.1) is 0 Å². The van der Waals surface area contributed by atoms with Crippen LogP contribution in [0.25, 0.3) is 0 Å². The first-order chi connectivity index (χ1) is 12.5. The molecule has 1 saturated carbocycles. The molecular weight excluding hydrogens is 332 g/mol. The van der Waals surface area contributed by atoms with Gasteiger partial charge < -0.3 is 20.0 Å². The van der Waals surface area contributed by atoms with Crippen LogP contribution in [0.2, 0.25) is 0 Å². The van der Waals surface area contributed by atoms with E-state index < -0.39 is 0 Å². The van der Waals surface area contributed by atoms with Crippen LogP contribution < -0.4 is 0 Å². The molecule has 2 N–H and O–H groups in total. The van der Waals surface area contributed by atoms with Crippen LogP contribution in [0, 0.1) is 5.92 Å². The molecule has 26 heavy (non-hydrogen) atoms. The van der Waals surface area contributed by atoms with Gasteiger partial charge in [0, 0.05) is 44.2 Å². The Morgan fingerprint density at radius 1 is 0.885 bits per heavy atom. The van der Waals surface area contributed by atoms with Crippen molar-refractivity contribution in [1.29, 1.82) is 0 Å². The predicted octanol–water partition coefficient (Wildman–Crippen LogP) is 2.74. The van der Waals surface area contributed by atoms with Gasteiger partial charge in [0.1, 0.15) is 11.5 Å². The summed E-state index contributed by atoms with van der Waals surface area (Å²) < 4.78 is 0. The lowest BCUT2D eigenvalue weighted by atomic mass is 9.86. The summed E-state index contributed by atoms with van der Waals surface area (Å²) >= 11 is 0. The number of nitrogens with zero attached hydrogens (tertiary/aromatic N) is 2. The van der Waals surface area contributed by atoms with Gasteiger partial charge in [-0.25, -0.2) is 0 Å². The average molecular weight is 360 g/mol. The fourth-order valence-corrected chi connectivity index (χ4v) is 4.02. The highest BCUT2D eigenvalue weighted by molar-refractivity contribution is 5.95. The minimum Gasteiger partial charge on any atom is -0.508 e. The Balaban J connectivity index is 1.47. The van der Waals surface area contributed by atoms with Crippen LogP contribution in [0.4, 0.5) is 0 Å². The smallest absolute Gasteiger partial charge is 0.254 e. The number of amides is 2. The van der Waals surface area contributed by atoms with Crippen LogP contribution >= 0.6 is 0 Å². The zero-order chi connectivity index (χ0) is 18.5. The van der Waals surface area contributed by atoms with Crippen molar-refractivity contribution >= 4 is 11.8 Å². The molecule has 0 atom stereocenters. The highest BCUT2D eigenvalue weighted by atomic mass is 16.3. The van der Waals surface area contributed by atoms with Crippen LogP contribution in [0.15, 0.2) is 18.2 Å². The zero-order valence-corrected chi connectivity index (χ0v) is 15.2. The molecule has 2 aliphatic rings. The molecule has 2 amide bonds. The number of phenolic OH excluding ortho intramolecular Hbond substituents is 2. The number of benzene rings is 1. The van der Waals surface area contributed by atoms with Crippen molar-refractivity contribution in [3.8, 4) is 11.5 Å². The van der Waals surface area contributed by atoms with Crippen molar-refractivity contribution < 1.29 is 19.8 Å². The van der Waals surface area contributed by atoms with Gasteiger partial charge in [-0.05, 0) is 24.5 Å². The van der Waals surface area contributed by atoms with E-state index in [0.717, 1.165) is 6.42 Å². The van der Waals surface area contributed by atoms with Gasteiger partial charge in [-0.2, -0.15) is 0 Å². The maximum absolute atomic E-state index is 12.5. The van der Waals surface area contributed by atoms with Gasteiger partial charge in [-0.15, -0.1) is 0 Å². The summed E-state index contributed by atoms with van der Waals surface area (Å²) in [6.07, 6.45) is 8.03. The minimum atomic E-state index is -0.231. The number of carbonyl (C=O) groups is 2. The summed E-state index contributed by atoms with van der Waals surface area (Å²) in [5.41, 5.74) is 0.263.